The molecule has 0 unspecified atom stereocenters. The van der Waals surface area contributed by atoms with E-state index in [1.54, 1.807) is 32.4 Å². The molecular formula is C20H22N2O3. The fraction of sp³-hybridized carbons (Fsp3) is 0.250. The number of methoxy groups -OCH3 is 2. The molecule has 0 spiro atoms. The van der Waals surface area contributed by atoms with Crippen LogP contribution in [0.1, 0.15) is 21.6 Å². The van der Waals surface area contributed by atoms with Gasteiger partial charge in [-0.1, -0.05) is 6.07 Å². The summed E-state index contributed by atoms with van der Waals surface area (Å²) >= 11 is 0. The molecule has 0 saturated carbocycles. The number of fused-ring (bicyclic) bond motifs is 1. The van der Waals surface area contributed by atoms with Crippen molar-refractivity contribution in [3.05, 3.63) is 59.3 Å². The molecule has 3 rings (SSSR count). The Labute approximate surface area is 147 Å². The van der Waals surface area contributed by atoms with Crippen molar-refractivity contribution in [3.8, 4) is 11.5 Å². The SMILES string of the molecule is COc1cc(OC)cc(C(=O)NCCc2ccc3[nH]c(C)cc3c2)c1. The maximum absolute atomic E-state index is 12.4. The average molecular weight is 338 g/mol. The van der Waals surface area contributed by atoms with Crippen molar-refractivity contribution < 1.29 is 14.3 Å². The maximum Gasteiger partial charge on any atom is 0.251 e. The van der Waals surface area contributed by atoms with Gasteiger partial charge in [-0.25, -0.2) is 0 Å². The Bertz CT molecular complexity index is 877. The summed E-state index contributed by atoms with van der Waals surface area (Å²) < 4.78 is 10.4. The van der Waals surface area contributed by atoms with Gasteiger partial charge in [0.1, 0.15) is 11.5 Å². The standard InChI is InChI=1S/C20H22N2O3/c1-13-8-15-9-14(4-5-19(15)22-13)6-7-21-20(23)16-10-17(24-2)12-18(11-16)25-3/h4-5,8-12,22H,6-7H2,1-3H3,(H,21,23). The Kier molecular flexibility index (Phi) is 4.93. The van der Waals surface area contributed by atoms with E-state index >= 15 is 0 Å². The molecule has 0 fully saturated rings. The summed E-state index contributed by atoms with van der Waals surface area (Å²) in [4.78, 5) is 15.7. The van der Waals surface area contributed by atoms with Crippen LogP contribution in [0, 0.1) is 6.92 Å². The molecule has 0 saturated heterocycles. The first kappa shape index (κ1) is 16.9. The topological polar surface area (TPSA) is 63.4 Å². The highest BCUT2D eigenvalue weighted by atomic mass is 16.5. The van der Waals surface area contributed by atoms with Crippen LogP contribution in [-0.2, 0) is 6.42 Å². The number of hydrogen-bond acceptors (Lipinski definition) is 3. The number of nitrogens with one attached hydrogen (secondary N) is 2. The van der Waals surface area contributed by atoms with Crippen molar-refractivity contribution >= 4 is 16.8 Å². The van der Waals surface area contributed by atoms with Gasteiger partial charge in [0.05, 0.1) is 14.2 Å². The van der Waals surface area contributed by atoms with Gasteiger partial charge in [-0.2, -0.15) is 0 Å². The number of benzene rings is 2. The quantitative estimate of drug-likeness (QED) is 0.723. The third-order valence-electron chi connectivity index (χ3n) is 4.13. The minimum Gasteiger partial charge on any atom is -0.497 e. The molecule has 5 heteroatoms. The largest absolute Gasteiger partial charge is 0.497 e. The fourth-order valence-corrected chi connectivity index (χ4v) is 2.84. The zero-order chi connectivity index (χ0) is 17.8. The van der Waals surface area contributed by atoms with E-state index in [-0.39, 0.29) is 5.91 Å². The van der Waals surface area contributed by atoms with E-state index < -0.39 is 0 Å². The van der Waals surface area contributed by atoms with Crippen LogP contribution in [0.2, 0.25) is 0 Å². The van der Waals surface area contributed by atoms with Crippen LogP contribution in [0.4, 0.5) is 0 Å². The highest BCUT2D eigenvalue weighted by molar-refractivity contribution is 5.95. The van der Waals surface area contributed by atoms with E-state index in [1.807, 2.05) is 6.92 Å². The summed E-state index contributed by atoms with van der Waals surface area (Å²) in [5.74, 6) is 1.05. The first-order valence-electron chi connectivity index (χ1n) is 8.18. The van der Waals surface area contributed by atoms with Gasteiger partial charge < -0.3 is 19.8 Å². The molecular weight excluding hydrogens is 316 g/mol. The molecule has 0 aliphatic heterocycles. The van der Waals surface area contributed by atoms with Crippen LogP contribution in [-0.4, -0.2) is 31.7 Å². The number of carbonyl (C=O) groups is 1. The number of rotatable bonds is 6. The lowest BCUT2D eigenvalue weighted by molar-refractivity contribution is 0.0953. The Balaban J connectivity index is 1.63. The van der Waals surface area contributed by atoms with E-state index in [9.17, 15) is 4.79 Å². The number of aromatic nitrogens is 1. The highest BCUT2D eigenvalue weighted by Gasteiger charge is 2.09. The summed E-state index contributed by atoms with van der Waals surface area (Å²) in [6, 6.07) is 13.6. The van der Waals surface area contributed by atoms with Gasteiger partial charge >= 0.3 is 0 Å². The van der Waals surface area contributed by atoms with Crippen molar-refractivity contribution in [2.75, 3.05) is 20.8 Å². The summed E-state index contributed by atoms with van der Waals surface area (Å²) in [6.45, 7) is 2.61. The van der Waals surface area contributed by atoms with E-state index in [0.717, 1.165) is 17.6 Å². The number of hydrogen-bond donors (Lipinski definition) is 2. The summed E-state index contributed by atoms with van der Waals surface area (Å²) in [5, 5.41) is 4.14. The molecule has 3 aromatic rings. The number of aryl methyl sites for hydroxylation is 1. The molecule has 2 aromatic carbocycles. The highest BCUT2D eigenvalue weighted by Crippen LogP contribution is 2.22. The molecule has 1 aromatic heterocycles. The van der Waals surface area contributed by atoms with E-state index in [2.05, 4.69) is 34.6 Å². The van der Waals surface area contributed by atoms with Gasteiger partial charge in [-0.05, 0) is 54.6 Å². The van der Waals surface area contributed by atoms with Gasteiger partial charge in [0.15, 0.2) is 0 Å². The maximum atomic E-state index is 12.4. The smallest absolute Gasteiger partial charge is 0.251 e. The molecule has 130 valence electrons. The number of amides is 1. The third-order valence-corrected chi connectivity index (χ3v) is 4.13. The van der Waals surface area contributed by atoms with Crippen LogP contribution in [0.15, 0.2) is 42.5 Å². The zero-order valence-electron chi connectivity index (χ0n) is 14.7. The van der Waals surface area contributed by atoms with Gasteiger partial charge in [0.25, 0.3) is 5.91 Å². The minimum absolute atomic E-state index is 0.143. The van der Waals surface area contributed by atoms with Crippen LogP contribution in [0.5, 0.6) is 11.5 Å². The summed E-state index contributed by atoms with van der Waals surface area (Å²) in [5.41, 5.74) is 3.99. The monoisotopic (exact) mass is 338 g/mol. The second-order valence-electron chi connectivity index (χ2n) is 5.98. The van der Waals surface area contributed by atoms with Gasteiger partial charge in [-0.15, -0.1) is 0 Å². The molecule has 0 bridgehead atoms. The molecule has 1 amide bonds. The number of aromatic amines is 1. The minimum atomic E-state index is -0.143. The fourth-order valence-electron chi connectivity index (χ4n) is 2.84. The summed E-state index contributed by atoms with van der Waals surface area (Å²) in [6.07, 6.45) is 0.771. The number of ether oxygens (including phenoxy) is 2. The molecule has 5 nitrogen and oxygen atoms in total. The molecule has 0 aliphatic carbocycles. The van der Waals surface area contributed by atoms with Gasteiger partial charge in [0.2, 0.25) is 0 Å². The Hall–Kier alpha value is -2.95. The lowest BCUT2D eigenvalue weighted by Crippen LogP contribution is -2.25. The normalized spacial score (nSPS) is 10.7. The van der Waals surface area contributed by atoms with Crippen LogP contribution < -0.4 is 14.8 Å². The van der Waals surface area contributed by atoms with Crippen molar-refractivity contribution in [2.45, 2.75) is 13.3 Å². The Morgan fingerprint density at radius 3 is 2.44 bits per heavy atom. The lowest BCUT2D eigenvalue weighted by Gasteiger charge is -2.09. The predicted octanol–water partition coefficient (Wildman–Crippen LogP) is 3.47. The molecule has 0 aliphatic rings. The first-order valence-corrected chi connectivity index (χ1v) is 8.18. The Morgan fingerprint density at radius 1 is 1.04 bits per heavy atom. The van der Waals surface area contributed by atoms with Crippen LogP contribution in [0.3, 0.4) is 0 Å². The van der Waals surface area contributed by atoms with Crippen molar-refractivity contribution in [1.29, 1.82) is 0 Å². The molecule has 0 radical (unpaired) electrons. The van der Waals surface area contributed by atoms with Crippen LogP contribution in [0.25, 0.3) is 10.9 Å². The van der Waals surface area contributed by atoms with E-state index in [4.69, 9.17) is 9.47 Å². The van der Waals surface area contributed by atoms with Crippen LogP contribution >= 0.6 is 0 Å². The van der Waals surface area contributed by atoms with Crippen molar-refractivity contribution in [2.24, 2.45) is 0 Å². The first-order chi connectivity index (χ1) is 12.1. The lowest BCUT2D eigenvalue weighted by atomic mass is 10.1. The van der Waals surface area contributed by atoms with Crippen molar-refractivity contribution in [1.82, 2.24) is 10.3 Å². The second kappa shape index (κ2) is 7.30. The molecule has 2 N–H and O–H groups in total. The number of carbonyl (C=O) groups excluding carboxylic acids is 1. The van der Waals surface area contributed by atoms with Gasteiger partial charge in [0, 0.05) is 29.4 Å². The zero-order valence-corrected chi connectivity index (χ0v) is 14.7. The average Bonchev–Trinajstić information content (AvgIpc) is 3.00. The van der Waals surface area contributed by atoms with Gasteiger partial charge in [-0.3, -0.25) is 4.79 Å². The molecule has 25 heavy (non-hydrogen) atoms. The Morgan fingerprint density at radius 2 is 1.76 bits per heavy atom. The summed E-state index contributed by atoms with van der Waals surface area (Å²) in [7, 11) is 3.13. The molecule has 0 atom stereocenters. The van der Waals surface area contributed by atoms with E-state index in [1.165, 1.54) is 10.9 Å². The third kappa shape index (κ3) is 3.94. The van der Waals surface area contributed by atoms with Crippen molar-refractivity contribution in [3.63, 3.8) is 0 Å². The number of H-pyrrole nitrogens is 1. The molecule has 1 heterocycles. The predicted molar refractivity (Wildman–Crippen MR) is 98.6 cm³/mol. The van der Waals surface area contributed by atoms with E-state index in [0.29, 0.717) is 23.6 Å². The second-order valence-corrected chi connectivity index (χ2v) is 5.98.